The van der Waals surface area contributed by atoms with Gasteiger partial charge in [0.2, 0.25) is 0 Å². The zero-order chi connectivity index (χ0) is 9.97. The third-order valence-electron chi connectivity index (χ3n) is 3.80. The Kier molecular flexibility index (Phi) is 3.42. The van der Waals surface area contributed by atoms with Gasteiger partial charge in [0, 0.05) is 12.6 Å². The van der Waals surface area contributed by atoms with Crippen LogP contribution in [0.5, 0.6) is 0 Å². The Hall–Kier alpha value is -0.120. The van der Waals surface area contributed by atoms with Gasteiger partial charge in [0.15, 0.2) is 0 Å². The average Bonchev–Trinajstić information content (AvgIpc) is 2.77. The number of hydrogen-bond donors (Lipinski definition) is 2. The van der Waals surface area contributed by atoms with Crippen LogP contribution in [0.15, 0.2) is 0 Å². The number of rotatable bonds is 3. The van der Waals surface area contributed by atoms with Gasteiger partial charge in [-0.05, 0) is 38.1 Å². The molecule has 1 saturated carbocycles. The molecule has 3 atom stereocenters. The molecule has 14 heavy (non-hydrogen) atoms. The highest BCUT2D eigenvalue weighted by molar-refractivity contribution is 4.85. The molecule has 0 aromatic rings. The maximum Gasteiger partial charge on any atom is 0.0586 e. The third kappa shape index (κ3) is 2.10. The molecule has 2 N–H and O–H groups in total. The second-order valence-electron chi connectivity index (χ2n) is 4.73. The lowest BCUT2D eigenvalue weighted by atomic mass is 10.1. The standard InChI is InChI=1S/C11H21NO2/c13-8-10-4-2-6-12(10)7-9-3-1-5-11(9)14/h9-11,13-14H,1-8H2. The van der Waals surface area contributed by atoms with E-state index in [1.807, 2.05) is 0 Å². The molecule has 2 aliphatic rings. The zero-order valence-corrected chi connectivity index (χ0v) is 8.73. The molecule has 3 unspecified atom stereocenters. The van der Waals surface area contributed by atoms with Crippen molar-refractivity contribution in [2.24, 2.45) is 5.92 Å². The molecule has 0 amide bonds. The van der Waals surface area contributed by atoms with Gasteiger partial charge in [-0.15, -0.1) is 0 Å². The van der Waals surface area contributed by atoms with Crippen LogP contribution in [0.1, 0.15) is 32.1 Å². The summed E-state index contributed by atoms with van der Waals surface area (Å²) in [5.41, 5.74) is 0. The fourth-order valence-corrected chi connectivity index (χ4v) is 2.87. The molecule has 1 aliphatic carbocycles. The van der Waals surface area contributed by atoms with Crippen molar-refractivity contribution in [1.29, 1.82) is 0 Å². The van der Waals surface area contributed by atoms with Crippen LogP contribution in [0, 0.1) is 5.92 Å². The van der Waals surface area contributed by atoms with E-state index in [2.05, 4.69) is 4.90 Å². The van der Waals surface area contributed by atoms with Gasteiger partial charge in [0.05, 0.1) is 12.7 Å². The lowest BCUT2D eigenvalue weighted by Crippen LogP contribution is -2.38. The van der Waals surface area contributed by atoms with E-state index in [1.165, 1.54) is 12.8 Å². The van der Waals surface area contributed by atoms with E-state index in [-0.39, 0.29) is 12.7 Å². The van der Waals surface area contributed by atoms with Crippen molar-refractivity contribution in [2.75, 3.05) is 19.7 Å². The first-order valence-electron chi connectivity index (χ1n) is 5.84. The molecule has 0 bridgehead atoms. The van der Waals surface area contributed by atoms with Crippen LogP contribution in [0.2, 0.25) is 0 Å². The Morgan fingerprint density at radius 3 is 2.64 bits per heavy atom. The summed E-state index contributed by atoms with van der Waals surface area (Å²) >= 11 is 0. The molecular weight excluding hydrogens is 178 g/mol. The smallest absolute Gasteiger partial charge is 0.0586 e. The molecule has 0 aromatic heterocycles. The molecule has 1 saturated heterocycles. The molecule has 0 spiro atoms. The Morgan fingerprint density at radius 2 is 2.00 bits per heavy atom. The van der Waals surface area contributed by atoms with Crippen LogP contribution in [0.3, 0.4) is 0 Å². The average molecular weight is 199 g/mol. The Morgan fingerprint density at radius 1 is 1.14 bits per heavy atom. The van der Waals surface area contributed by atoms with Gasteiger partial charge in [-0.1, -0.05) is 6.42 Å². The van der Waals surface area contributed by atoms with Crippen molar-refractivity contribution in [3.63, 3.8) is 0 Å². The summed E-state index contributed by atoms with van der Waals surface area (Å²) < 4.78 is 0. The second kappa shape index (κ2) is 4.60. The molecule has 0 aromatic carbocycles. The van der Waals surface area contributed by atoms with E-state index in [0.29, 0.717) is 12.0 Å². The molecule has 82 valence electrons. The van der Waals surface area contributed by atoms with Gasteiger partial charge in [0.25, 0.3) is 0 Å². The van der Waals surface area contributed by atoms with Crippen molar-refractivity contribution >= 4 is 0 Å². The van der Waals surface area contributed by atoms with Crippen LogP contribution >= 0.6 is 0 Å². The van der Waals surface area contributed by atoms with Gasteiger partial charge in [-0.25, -0.2) is 0 Å². The number of aliphatic hydroxyl groups excluding tert-OH is 2. The fraction of sp³-hybridized carbons (Fsp3) is 1.00. The first-order chi connectivity index (χ1) is 6.81. The van der Waals surface area contributed by atoms with Crippen molar-refractivity contribution in [1.82, 2.24) is 4.90 Å². The van der Waals surface area contributed by atoms with E-state index >= 15 is 0 Å². The van der Waals surface area contributed by atoms with Crippen LogP contribution in [-0.2, 0) is 0 Å². The van der Waals surface area contributed by atoms with Gasteiger partial charge < -0.3 is 10.2 Å². The van der Waals surface area contributed by atoms with E-state index in [4.69, 9.17) is 0 Å². The lowest BCUT2D eigenvalue weighted by Gasteiger charge is -2.27. The maximum absolute atomic E-state index is 9.72. The van der Waals surface area contributed by atoms with Crippen LogP contribution in [-0.4, -0.2) is 47.0 Å². The third-order valence-corrected chi connectivity index (χ3v) is 3.80. The Bertz CT molecular complexity index is 186. The topological polar surface area (TPSA) is 43.7 Å². The number of hydrogen-bond acceptors (Lipinski definition) is 3. The van der Waals surface area contributed by atoms with Crippen LogP contribution in [0.25, 0.3) is 0 Å². The Labute approximate surface area is 85.7 Å². The van der Waals surface area contributed by atoms with Crippen molar-refractivity contribution in [2.45, 2.75) is 44.2 Å². The largest absolute Gasteiger partial charge is 0.395 e. The van der Waals surface area contributed by atoms with E-state index in [0.717, 1.165) is 32.4 Å². The molecule has 0 radical (unpaired) electrons. The van der Waals surface area contributed by atoms with E-state index in [9.17, 15) is 10.2 Å². The highest BCUT2D eigenvalue weighted by Crippen LogP contribution is 2.28. The van der Waals surface area contributed by atoms with E-state index in [1.54, 1.807) is 0 Å². The van der Waals surface area contributed by atoms with Gasteiger partial charge in [-0.3, -0.25) is 4.90 Å². The normalized spacial score (nSPS) is 39.4. The summed E-state index contributed by atoms with van der Waals surface area (Å²) in [5.74, 6) is 0.460. The lowest BCUT2D eigenvalue weighted by molar-refractivity contribution is 0.0836. The number of aliphatic hydroxyl groups is 2. The van der Waals surface area contributed by atoms with Crippen molar-refractivity contribution in [3.8, 4) is 0 Å². The SMILES string of the molecule is OCC1CCCN1CC1CCCC1O. The number of likely N-dealkylation sites (tertiary alicyclic amines) is 1. The fourth-order valence-electron chi connectivity index (χ4n) is 2.87. The molecular formula is C11H21NO2. The molecule has 1 aliphatic heterocycles. The predicted octanol–water partition coefficient (Wildman–Crippen LogP) is 0.604. The van der Waals surface area contributed by atoms with Gasteiger partial charge in [0.1, 0.15) is 0 Å². The monoisotopic (exact) mass is 199 g/mol. The predicted molar refractivity (Wildman–Crippen MR) is 55.0 cm³/mol. The maximum atomic E-state index is 9.72. The van der Waals surface area contributed by atoms with Crippen molar-refractivity contribution in [3.05, 3.63) is 0 Å². The highest BCUT2D eigenvalue weighted by Gasteiger charge is 2.31. The molecule has 2 fully saturated rings. The van der Waals surface area contributed by atoms with Crippen LogP contribution < -0.4 is 0 Å². The zero-order valence-electron chi connectivity index (χ0n) is 8.73. The summed E-state index contributed by atoms with van der Waals surface area (Å²) in [7, 11) is 0. The summed E-state index contributed by atoms with van der Waals surface area (Å²) in [6.07, 6.45) is 5.55. The molecule has 2 rings (SSSR count). The summed E-state index contributed by atoms with van der Waals surface area (Å²) in [6.45, 7) is 2.38. The van der Waals surface area contributed by atoms with Gasteiger partial charge in [-0.2, -0.15) is 0 Å². The van der Waals surface area contributed by atoms with Gasteiger partial charge >= 0.3 is 0 Å². The summed E-state index contributed by atoms with van der Waals surface area (Å²) in [4.78, 5) is 2.36. The number of nitrogens with zero attached hydrogens (tertiary/aromatic N) is 1. The molecule has 3 nitrogen and oxygen atoms in total. The minimum Gasteiger partial charge on any atom is -0.395 e. The van der Waals surface area contributed by atoms with Crippen molar-refractivity contribution < 1.29 is 10.2 Å². The summed E-state index contributed by atoms with van der Waals surface area (Å²) in [5, 5.41) is 18.9. The first-order valence-corrected chi connectivity index (χ1v) is 5.84. The second-order valence-corrected chi connectivity index (χ2v) is 4.73. The first kappa shape index (κ1) is 10.4. The summed E-state index contributed by atoms with van der Waals surface area (Å²) in [6, 6.07) is 0.364. The molecule has 1 heterocycles. The minimum atomic E-state index is -0.0880. The highest BCUT2D eigenvalue weighted by atomic mass is 16.3. The quantitative estimate of drug-likeness (QED) is 0.699. The van der Waals surface area contributed by atoms with Crippen LogP contribution in [0.4, 0.5) is 0 Å². The minimum absolute atomic E-state index is 0.0880. The molecule has 3 heteroatoms. The Balaban J connectivity index is 1.83. The van der Waals surface area contributed by atoms with E-state index < -0.39 is 0 Å².